The third-order valence-electron chi connectivity index (χ3n) is 2.33. The maximum absolute atomic E-state index is 4.07. The van der Waals surface area contributed by atoms with Gasteiger partial charge < -0.3 is 0 Å². The van der Waals surface area contributed by atoms with Gasteiger partial charge in [-0.2, -0.15) is 0 Å². The lowest BCUT2D eigenvalue weighted by molar-refractivity contribution is 0.454. The van der Waals surface area contributed by atoms with E-state index in [1.165, 1.54) is 12.8 Å². The second kappa shape index (κ2) is 2.79. The van der Waals surface area contributed by atoms with Crippen molar-refractivity contribution in [3.8, 4) is 0 Å². The van der Waals surface area contributed by atoms with Crippen molar-refractivity contribution >= 4 is 0 Å². The van der Waals surface area contributed by atoms with Gasteiger partial charge in [0.25, 0.3) is 0 Å². The summed E-state index contributed by atoms with van der Waals surface area (Å²) in [4.78, 5) is 0. The fourth-order valence-corrected chi connectivity index (χ4v) is 1.41. The summed E-state index contributed by atoms with van der Waals surface area (Å²) in [5.41, 5.74) is 0.0540. The fraction of sp³-hybridized carbons (Fsp3) is 0.889. The molecular formula is C9H16N4. The summed E-state index contributed by atoms with van der Waals surface area (Å²) < 4.78 is 1.96. The van der Waals surface area contributed by atoms with Crippen LogP contribution in [0, 0.1) is 5.92 Å². The second-order valence-electron chi connectivity index (χ2n) is 4.88. The van der Waals surface area contributed by atoms with Crippen molar-refractivity contribution in [3.63, 3.8) is 0 Å². The molecule has 1 fully saturated rings. The highest BCUT2D eigenvalue weighted by molar-refractivity contribution is 4.99. The predicted octanol–water partition coefficient (Wildman–Crippen LogP) is 1.38. The van der Waals surface area contributed by atoms with Crippen molar-refractivity contribution in [1.82, 2.24) is 20.2 Å². The SMILES string of the molecule is CC(C)(C)c1nnnn1CC1CC1. The Labute approximate surface area is 78.3 Å². The molecule has 0 radical (unpaired) electrons. The van der Waals surface area contributed by atoms with Crippen LogP contribution >= 0.6 is 0 Å². The molecule has 1 aromatic rings. The van der Waals surface area contributed by atoms with Gasteiger partial charge in [-0.05, 0) is 29.2 Å². The molecule has 0 saturated heterocycles. The highest BCUT2D eigenvalue weighted by Gasteiger charge is 2.27. The standard InChI is InChI=1S/C9H16N4/c1-9(2,3)8-10-11-12-13(8)6-7-4-5-7/h7H,4-6H2,1-3H3. The molecule has 0 spiro atoms. The lowest BCUT2D eigenvalue weighted by Crippen LogP contribution is -2.20. The highest BCUT2D eigenvalue weighted by atomic mass is 15.5. The van der Waals surface area contributed by atoms with Crippen molar-refractivity contribution in [1.29, 1.82) is 0 Å². The van der Waals surface area contributed by atoms with E-state index in [2.05, 4.69) is 36.3 Å². The van der Waals surface area contributed by atoms with Crippen molar-refractivity contribution in [2.75, 3.05) is 0 Å². The minimum absolute atomic E-state index is 0.0540. The van der Waals surface area contributed by atoms with E-state index in [0.29, 0.717) is 0 Å². The largest absolute Gasteiger partial charge is 0.229 e. The molecule has 0 unspecified atom stereocenters. The molecule has 13 heavy (non-hydrogen) atoms. The third kappa shape index (κ3) is 1.87. The van der Waals surface area contributed by atoms with Crippen LogP contribution in [-0.4, -0.2) is 20.2 Å². The number of tetrazole rings is 1. The van der Waals surface area contributed by atoms with Gasteiger partial charge in [-0.15, -0.1) is 5.10 Å². The van der Waals surface area contributed by atoms with Gasteiger partial charge in [0.1, 0.15) is 0 Å². The van der Waals surface area contributed by atoms with Crippen molar-refractivity contribution in [3.05, 3.63) is 5.82 Å². The molecule has 1 saturated carbocycles. The van der Waals surface area contributed by atoms with Crippen LogP contribution in [-0.2, 0) is 12.0 Å². The summed E-state index contributed by atoms with van der Waals surface area (Å²) in [6.07, 6.45) is 2.67. The lowest BCUT2D eigenvalue weighted by atomic mass is 9.96. The number of rotatable bonds is 2. The summed E-state index contributed by atoms with van der Waals surface area (Å²) in [7, 11) is 0. The summed E-state index contributed by atoms with van der Waals surface area (Å²) in [5, 5.41) is 11.8. The molecule has 0 bridgehead atoms. The Bertz CT molecular complexity index is 293. The number of hydrogen-bond acceptors (Lipinski definition) is 3. The van der Waals surface area contributed by atoms with E-state index < -0.39 is 0 Å². The van der Waals surface area contributed by atoms with Gasteiger partial charge >= 0.3 is 0 Å². The van der Waals surface area contributed by atoms with E-state index in [1.807, 2.05) is 4.68 Å². The van der Waals surface area contributed by atoms with E-state index in [0.717, 1.165) is 18.3 Å². The van der Waals surface area contributed by atoms with Crippen molar-refractivity contribution in [2.45, 2.75) is 45.6 Å². The summed E-state index contributed by atoms with van der Waals surface area (Å²) in [6.45, 7) is 7.42. The normalized spacial score (nSPS) is 17.8. The lowest BCUT2D eigenvalue weighted by Gasteiger charge is -2.16. The van der Waals surface area contributed by atoms with Gasteiger partial charge in [-0.1, -0.05) is 20.8 Å². The molecule has 0 atom stereocenters. The van der Waals surface area contributed by atoms with Gasteiger partial charge in [0.2, 0.25) is 0 Å². The van der Waals surface area contributed by atoms with Gasteiger partial charge in [0.05, 0.1) is 0 Å². The maximum atomic E-state index is 4.07. The smallest absolute Gasteiger partial charge is 0.156 e. The van der Waals surface area contributed by atoms with Gasteiger partial charge in [-0.3, -0.25) is 0 Å². The fourth-order valence-electron chi connectivity index (χ4n) is 1.41. The Morgan fingerprint density at radius 3 is 2.62 bits per heavy atom. The maximum Gasteiger partial charge on any atom is 0.156 e. The molecule has 0 N–H and O–H groups in total. The third-order valence-corrected chi connectivity index (χ3v) is 2.33. The highest BCUT2D eigenvalue weighted by Crippen LogP contribution is 2.31. The van der Waals surface area contributed by atoms with Crippen LogP contribution in [0.25, 0.3) is 0 Å². The van der Waals surface area contributed by atoms with E-state index >= 15 is 0 Å². The van der Waals surface area contributed by atoms with E-state index in [9.17, 15) is 0 Å². The van der Waals surface area contributed by atoms with Crippen LogP contribution in [0.4, 0.5) is 0 Å². The molecule has 1 aliphatic rings. The predicted molar refractivity (Wildman–Crippen MR) is 49.2 cm³/mol. The Balaban J connectivity index is 2.19. The average Bonchev–Trinajstić information content (AvgIpc) is 2.63. The first-order chi connectivity index (χ1) is 6.07. The van der Waals surface area contributed by atoms with Gasteiger partial charge in [0, 0.05) is 12.0 Å². The van der Waals surface area contributed by atoms with Crippen LogP contribution in [0.1, 0.15) is 39.4 Å². The van der Waals surface area contributed by atoms with Crippen molar-refractivity contribution in [2.24, 2.45) is 5.92 Å². The zero-order valence-corrected chi connectivity index (χ0v) is 8.49. The van der Waals surface area contributed by atoms with E-state index in [-0.39, 0.29) is 5.41 Å². The first-order valence-corrected chi connectivity index (χ1v) is 4.84. The van der Waals surface area contributed by atoms with Crippen LogP contribution in [0.2, 0.25) is 0 Å². The molecule has 1 heterocycles. The van der Waals surface area contributed by atoms with E-state index in [1.54, 1.807) is 0 Å². The quantitative estimate of drug-likeness (QED) is 0.690. The Morgan fingerprint density at radius 1 is 1.38 bits per heavy atom. The average molecular weight is 180 g/mol. The second-order valence-corrected chi connectivity index (χ2v) is 4.88. The molecule has 72 valence electrons. The van der Waals surface area contributed by atoms with Crippen LogP contribution in [0.3, 0.4) is 0 Å². The first kappa shape index (κ1) is 8.66. The minimum Gasteiger partial charge on any atom is -0.229 e. The Kier molecular flexibility index (Phi) is 1.86. The van der Waals surface area contributed by atoms with Crippen LogP contribution in [0.15, 0.2) is 0 Å². The Hall–Kier alpha value is -0.930. The van der Waals surface area contributed by atoms with Crippen LogP contribution < -0.4 is 0 Å². The number of aromatic nitrogens is 4. The molecule has 0 aromatic carbocycles. The first-order valence-electron chi connectivity index (χ1n) is 4.84. The van der Waals surface area contributed by atoms with E-state index in [4.69, 9.17) is 0 Å². The van der Waals surface area contributed by atoms with Gasteiger partial charge in [-0.25, -0.2) is 4.68 Å². The number of hydrogen-bond donors (Lipinski definition) is 0. The molecule has 2 rings (SSSR count). The zero-order valence-electron chi connectivity index (χ0n) is 8.49. The molecule has 1 aliphatic carbocycles. The Morgan fingerprint density at radius 2 is 2.08 bits per heavy atom. The molecule has 0 amide bonds. The van der Waals surface area contributed by atoms with Gasteiger partial charge in [0.15, 0.2) is 5.82 Å². The summed E-state index contributed by atoms with van der Waals surface area (Å²) in [6, 6.07) is 0. The molecular weight excluding hydrogens is 164 g/mol. The summed E-state index contributed by atoms with van der Waals surface area (Å²) >= 11 is 0. The summed E-state index contributed by atoms with van der Waals surface area (Å²) in [5.74, 6) is 1.82. The van der Waals surface area contributed by atoms with Crippen molar-refractivity contribution < 1.29 is 0 Å². The monoisotopic (exact) mass is 180 g/mol. The number of nitrogens with zero attached hydrogens (tertiary/aromatic N) is 4. The molecule has 4 nitrogen and oxygen atoms in total. The molecule has 1 aromatic heterocycles. The minimum atomic E-state index is 0.0540. The zero-order chi connectivity index (χ0) is 9.47. The molecule has 4 heteroatoms. The topological polar surface area (TPSA) is 43.6 Å². The van der Waals surface area contributed by atoms with Crippen LogP contribution in [0.5, 0.6) is 0 Å². The molecule has 0 aliphatic heterocycles.